The van der Waals surface area contributed by atoms with Crippen LogP contribution in [0.15, 0.2) is 30.5 Å². The van der Waals surface area contributed by atoms with Crippen LogP contribution in [0.4, 0.5) is 13.2 Å². The molecular weight excluding hydrogens is 357 g/mol. The first-order valence-corrected chi connectivity index (χ1v) is 9.08. The molecule has 1 fully saturated rings. The molecule has 3 rings (SSSR count). The van der Waals surface area contributed by atoms with Crippen molar-refractivity contribution in [2.24, 2.45) is 0 Å². The molecule has 1 heterocycles. The fourth-order valence-corrected chi connectivity index (χ4v) is 3.06. The van der Waals surface area contributed by atoms with Crippen molar-refractivity contribution in [2.75, 3.05) is 13.1 Å². The number of amides is 1. The standard InChI is InChI=1S/C19H23F3N4O/c1-3-23-12(2)10-24-18(27)16-11-25-26(17(16)13-7-8-13)15-6-4-5-14(9-15)19(20,21)22/h4-6,9,11-13,23H,3,7-8,10H2,1-2H3,(H,24,27)/t12-/m1/s1. The zero-order chi connectivity index (χ0) is 19.6. The lowest BCUT2D eigenvalue weighted by atomic mass is 10.1. The van der Waals surface area contributed by atoms with Crippen molar-refractivity contribution in [3.05, 3.63) is 47.3 Å². The van der Waals surface area contributed by atoms with Crippen LogP contribution in [0.5, 0.6) is 0 Å². The Morgan fingerprint density at radius 3 is 2.74 bits per heavy atom. The van der Waals surface area contributed by atoms with Crippen molar-refractivity contribution in [2.45, 2.75) is 44.8 Å². The Morgan fingerprint density at radius 1 is 1.37 bits per heavy atom. The van der Waals surface area contributed by atoms with E-state index in [1.165, 1.54) is 16.9 Å². The molecule has 0 aliphatic heterocycles. The van der Waals surface area contributed by atoms with E-state index in [9.17, 15) is 18.0 Å². The molecule has 1 aromatic heterocycles. The van der Waals surface area contributed by atoms with Gasteiger partial charge >= 0.3 is 6.18 Å². The van der Waals surface area contributed by atoms with E-state index in [0.29, 0.717) is 23.5 Å². The molecule has 2 aromatic rings. The minimum Gasteiger partial charge on any atom is -0.350 e. The van der Waals surface area contributed by atoms with Gasteiger partial charge in [0.1, 0.15) is 0 Å². The predicted octanol–water partition coefficient (Wildman–Crippen LogP) is 3.50. The van der Waals surface area contributed by atoms with E-state index in [4.69, 9.17) is 0 Å². The van der Waals surface area contributed by atoms with Crippen LogP contribution in [-0.2, 0) is 6.18 Å². The summed E-state index contributed by atoms with van der Waals surface area (Å²) in [6, 6.07) is 5.15. The highest BCUT2D eigenvalue weighted by Gasteiger charge is 2.34. The van der Waals surface area contributed by atoms with E-state index in [-0.39, 0.29) is 17.9 Å². The minimum absolute atomic E-state index is 0.127. The van der Waals surface area contributed by atoms with Crippen LogP contribution < -0.4 is 10.6 Å². The third kappa shape index (κ3) is 4.50. The molecule has 1 aliphatic carbocycles. The van der Waals surface area contributed by atoms with Crippen LogP contribution in [0, 0.1) is 0 Å². The van der Waals surface area contributed by atoms with Crippen LogP contribution >= 0.6 is 0 Å². The summed E-state index contributed by atoms with van der Waals surface area (Å²) in [4.78, 5) is 12.6. The van der Waals surface area contributed by atoms with Crippen molar-refractivity contribution in [1.82, 2.24) is 20.4 Å². The van der Waals surface area contributed by atoms with E-state index in [1.807, 2.05) is 13.8 Å². The molecule has 0 radical (unpaired) electrons. The summed E-state index contributed by atoms with van der Waals surface area (Å²) in [7, 11) is 0. The molecule has 1 amide bonds. The van der Waals surface area contributed by atoms with E-state index in [1.54, 1.807) is 6.07 Å². The minimum atomic E-state index is -4.43. The highest BCUT2D eigenvalue weighted by molar-refractivity contribution is 5.95. The van der Waals surface area contributed by atoms with Gasteiger partial charge < -0.3 is 10.6 Å². The first kappa shape index (κ1) is 19.4. The Balaban J connectivity index is 1.87. The number of rotatable bonds is 7. The van der Waals surface area contributed by atoms with Gasteiger partial charge in [-0.25, -0.2) is 4.68 Å². The highest BCUT2D eigenvalue weighted by atomic mass is 19.4. The molecule has 0 spiro atoms. The third-order valence-electron chi connectivity index (χ3n) is 4.55. The average Bonchev–Trinajstić information content (AvgIpc) is 3.37. The number of benzene rings is 1. The van der Waals surface area contributed by atoms with Crippen LogP contribution in [0.3, 0.4) is 0 Å². The van der Waals surface area contributed by atoms with E-state index >= 15 is 0 Å². The first-order chi connectivity index (χ1) is 12.8. The number of halogens is 3. The summed E-state index contributed by atoms with van der Waals surface area (Å²) >= 11 is 0. The monoisotopic (exact) mass is 380 g/mol. The Morgan fingerprint density at radius 2 is 2.11 bits per heavy atom. The van der Waals surface area contributed by atoms with Gasteiger partial charge in [0.2, 0.25) is 0 Å². The van der Waals surface area contributed by atoms with E-state index in [2.05, 4.69) is 15.7 Å². The Labute approximate surface area is 155 Å². The van der Waals surface area contributed by atoms with Crippen molar-refractivity contribution in [3.63, 3.8) is 0 Å². The number of nitrogens with one attached hydrogen (secondary N) is 2. The van der Waals surface area contributed by atoms with E-state index in [0.717, 1.165) is 31.5 Å². The van der Waals surface area contributed by atoms with Crippen LogP contribution in [0.2, 0.25) is 0 Å². The van der Waals surface area contributed by atoms with Gasteiger partial charge in [0.25, 0.3) is 5.91 Å². The maximum absolute atomic E-state index is 13.0. The zero-order valence-corrected chi connectivity index (χ0v) is 15.3. The fraction of sp³-hybridized carbons (Fsp3) is 0.474. The smallest absolute Gasteiger partial charge is 0.350 e. The normalized spacial score (nSPS) is 15.6. The molecule has 146 valence electrons. The van der Waals surface area contributed by atoms with Gasteiger partial charge in [-0.1, -0.05) is 13.0 Å². The number of aromatic nitrogens is 2. The topological polar surface area (TPSA) is 58.9 Å². The second kappa shape index (κ2) is 7.72. The lowest BCUT2D eigenvalue weighted by molar-refractivity contribution is -0.137. The van der Waals surface area contributed by atoms with Crippen molar-refractivity contribution >= 4 is 5.91 Å². The van der Waals surface area contributed by atoms with Gasteiger partial charge in [-0.3, -0.25) is 4.79 Å². The second-order valence-electron chi connectivity index (χ2n) is 6.85. The largest absolute Gasteiger partial charge is 0.416 e. The van der Waals surface area contributed by atoms with Crippen molar-refractivity contribution in [3.8, 4) is 5.69 Å². The molecule has 5 nitrogen and oxygen atoms in total. The summed E-state index contributed by atoms with van der Waals surface area (Å²) in [6.45, 7) is 5.23. The maximum Gasteiger partial charge on any atom is 0.416 e. The molecule has 1 aliphatic rings. The molecule has 8 heteroatoms. The number of alkyl halides is 3. The molecule has 0 bridgehead atoms. The lowest BCUT2D eigenvalue weighted by Gasteiger charge is -2.14. The van der Waals surface area contributed by atoms with Gasteiger partial charge in [-0.2, -0.15) is 18.3 Å². The summed E-state index contributed by atoms with van der Waals surface area (Å²) < 4.78 is 40.6. The quantitative estimate of drug-likeness (QED) is 0.773. The lowest BCUT2D eigenvalue weighted by Crippen LogP contribution is -2.39. The summed E-state index contributed by atoms with van der Waals surface area (Å²) in [5.74, 6) is -0.103. The molecule has 2 N–H and O–H groups in total. The molecule has 27 heavy (non-hydrogen) atoms. The number of nitrogens with zero attached hydrogens (tertiary/aromatic N) is 2. The van der Waals surface area contributed by atoms with Crippen molar-refractivity contribution < 1.29 is 18.0 Å². The van der Waals surface area contributed by atoms with Gasteiger partial charge in [-0.15, -0.1) is 0 Å². The van der Waals surface area contributed by atoms with Gasteiger partial charge in [0, 0.05) is 18.5 Å². The van der Waals surface area contributed by atoms with Gasteiger partial charge in [0.05, 0.1) is 28.7 Å². The summed E-state index contributed by atoms with van der Waals surface area (Å²) in [5.41, 5.74) is 0.691. The number of likely N-dealkylation sites (N-methyl/N-ethyl adjacent to an activating group) is 1. The average molecular weight is 380 g/mol. The molecule has 1 saturated carbocycles. The Kier molecular flexibility index (Phi) is 5.55. The molecule has 1 atom stereocenters. The molecule has 0 unspecified atom stereocenters. The van der Waals surface area contributed by atoms with Crippen LogP contribution in [0.1, 0.15) is 54.2 Å². The van der Waals surface area contributed by atoms with Crippen LogP contribution in [-0.4, -0.2) is 34.8 Å². The van der Waals surface area contributed by atoms with E-state index < -0.39 is 11.7 Å². The zero-order valence-electron chi connectivity index (χ0n) is 15.3. The summed E-state index contributed by atoms with van der Waals surface area (Å²) in [5, 5.41) is 10.3. The third-order valence-corrected chi connectivity index (χ3v) is 4.55. The maximum atomic E-state index is 13.0. The fourth-order valence-electron chi connectivity index (χ4n) is 3.06. The second-order valence-corrected chi connectivity index (χ2v) is 6.85. The number of carbonyl (C=O) groups excluding carboxylic acids is 1. The van der Waals surface area contributed by atoms with Gasteiger partial charge in [0.15, 0.2) is 0 Å². The highest BCUT2D eigenvalue weighted by Crippen LogP contribution is 2.42. The first-order valence-electron chi connectivity index (χ1n) is 9.08. The summed E-state index contributed by atoms with van der Waals surface area (Å²) in [6.07, 6.45) is -1.18. The molecule has 0 saturated heterocycles. The van der Waals surface area contributed by atoms with Crippen molar-refractivity contribution in [1.29, 1.82) is 0 Å². The molecular formula is C19H23F3N4O. The number of carbonyl (C=O) groups is 1. The predicted molar refractivity (Wildman–Crippen MR) is 96.0 cm³/mol. The molecule has 1 aromatic carbocycles. The SMILES string of the molecule is CCN[C@H](C)CNC(=O)c1cnn(-c2cccc(C(F)(F)F)c2)c1C1CC1. The number of hydrogen-bond donors (Lipinski definition) is 2. The van der Waals surface area contributed by atoms with Crippen LogP contribution in [0.25, 0.3) is 5.69 Å². The number of hydrogen-bond acceptors (Lipinski definition) is 3. The Hall–Kier alpha value is -2.35. The van der Waals surface area contributed by atoms with Gasteiger partial charge in [-0.05, 0) is 44.5 Å². The Bertz CT molecular complexity index is 812.